The van der Waals surface area contributed by atoms with E-state index in [9.17, 15) is 9.59 Å². The van der Waals surface area contributed by atoms with Crippen LogP contribution in [0.1, 0.15) is 57.1 Å². The minimum atomic E-state index is -0.105. The predicted molar refractivity (Wildman–Crippen MR) is 103 cm³/mol. The molecule has 27 heavy (non-hydrogen) atoms. The standard InChI is InChI=1S/C21H30N4O2/c26-19(23-13-17-9-4-5-12-22-17)18-14-25(15-21(18)10-6-11-21)20(27)24-16-7-2-1-3-8-16/h4-5,9,12,16,18H,1-3,6-8,10-11,13-15H2,(H,23,26)(H,24,27). The SMILES string of the molecule is O=C(NCc1ccccn1)C1CN(C(=O)NC2CCCCC2)CC12CCC2. The second-order valence-electron chi connectivity index (χ2n) is 8.47. The third kappa shape index (κ3) is 3.94. The first kappa shape index (κ1) is 18.3. The Morgan fingerprint density at radius 3 is 2.63 bits per heavy atom. The van der Waals surface area contributed by atoms with Crippen molar-refractivity contribution in [2.24, 2.45) is 11.3 Å². The van der Waals surface area contributed by atoms with Crippen molar-refractivity contribution >= 4 is 11.9 Å². The molecule has 2 saturated carbocycles. The van der Waals surface area contributed by atoms with E-state index in [1.807, 2.05) is 23.1 Å². The minimum absolute atomic E-state index is 0.0158. The summed E-state index contributed by atoms with van der Waals surface area (Å²) in [6.45, 7) is 1.69. The number of hydrogen-bond donors (Lipinski definition) is 2. The van der Waals surface area contributed by atoms with Crippen molar-refractivity contribution in [3.63, 3.8) is 0 Å². The highest BCUT2D eigenvalue weighted by atomic mass is 16.2. The van der Waals surface area contributed by atoms with Gasteiger partial charge in [-0.3, -0.25) is 9.78 Å². The number of nitrogens with zero attached hydrogens (tertiary/aromatic N) is 2. The molecule has 1 spiro atoms. The molecule has 0 aromatic carbocycles. The number of rotatable bonds is 4. The van der Waals surface area contributed by atoms with Crippen LogP contribution >= 0.6 is 0 Å². The number of carbonyl (C=O) groups is 2. The number of hydrogen-bond acceptors (Lipinski definition) is 3. The minimum Gasteiger partial charge on any atom is -0.350 e. The molecular weight excluding hydrogens is 340 g/mol. The van der Waals surface area contributed by atoms with E-state index in [0.29, 0.717) is 25.7 Å². The first-order valence-corrected chi connectivity index (χ1v) is 10.4. The Morgan fingerprint density at radius 1 is 1.15 bits per heavy atom. The molecule has 3 aliphatic rings. The van der Waals surface area contributed by atoms with Gasteiger partial charge in [0.05, 0.1) is 18.2 Å². The van der Waals surface area contributed by atoms with Gasteiger partial charge in [-0.05, 0) is 37.8 Å². The maximum absolute atomic E-state index is 12.9. The molecule has 1 aromatic rings. The second-order valence-corrected chi connectivity index (χ2v) is 8.47. The van der Waals surface area contributed by atoms with Crippen molar-refractivity contribution in [2.75, 3.05) is 13.1 Å². The van der Waals surface area contributed by atoms with E-state index in [0.717, 1.165) is 37.8 Å². The normalized spacial score (nSPS) is 24.4. The highest BCUT2D eigenvalue weighted by Crippen LogP contribution is 2.51. The molecule has 0 radical (unpaired) electrons. The Hall–Kier alpha value is -2.11. The summed E-state index contributed by atoms with van der Waals surface area (Å²) >= 11 is 0. The zero-order valence-corrected chi connectivity index (χ0v) is 16.0. The highest BCUT2D eigenvalue weighted by molar-refractivity contribution is 5.83. The molecule has 2 heterocycles. The summed E-state index contributed by atoms with van der Waals surface area (Å²) in [7, 11) is 0. The van der Waals surface area contributed by atoms with Gasteiger partial charge in [0.2, 0.25) is 5.91 Å². The number of pyridine rings is 1. The summed E-state index contributed by atoms with van der Waals surface area (Å²) < 4.78 is 0. The summed E-state index contributed by atoms with van der Waals surface area (Å²) in [6, 6.07) is 6.04. The number of amides is 3. The predicted octanol–water partition coefficient (Wildman–Crippen LogP) is 2.84. The van der Waals surface area contributed by atoms with Crippen LogP contribution in [0.25, 0.3) is 0 Å². The van der Waals surface area contributed by atoms with Crippen LogP contribution in [0, 0.1) is 11.3 Å². The Balaban J connectivity index is 1.35. The lowest BCUT2D eigenvalue weighted by Gasteiger charge is -2.41. The maximum Gasteiger partial charge on any atom is 0.317 e. The van der Waals surface area contributed by atoms with Crippen LogP contribution < -0.4 is 10.6 Å². The number of likely N-dealkylation sites (tertiary alicyclic amines) is 1. The number of carbonyl (C=O) groups excluding carboxylic acids is 2. The molecule has 146 valence electrons. The van der Waals surface area contributed by atoms with Crippen LogP contribution in [-0.4, -0.2) is 41.0 Å². The highest BCUT2D eigenvalue weighted by Gasteiger charge is 2.54. The van der Waals surface area contributed by atoms with Crippen molar-refractivity contribution in [2.45, 2.75) is 64.0 Å². The Labute approximate surface area is 161 Å². The Bertz CT molecular complexity index is 668. The molecule has 1 atom stereocenters. The van der Waals surface area contributed by atoms with Gasteiger partial charge >= 0.3 is 6.03 Å². The fourth-order valence-electron chi connectivity index (χ4n) is 4.94. The summed E-state index contributed by atoms with van der Waals surface area (Å²) in [5.74, 6) is -0.0413. The molecule has 3 fully saturated rings. The van der Waals surface area contributed by atoms with Gasteiger partial charge < -0.3 is 15.5 Å². The van der Waals surface area contributed by atoms with Crippen molar-refractivity contribution in [1.29, 1.82) is 0 Å². The molecule has 0 bridgehead atoms. The van der Waals surface area contributed by atoms with Gasteiger partial charge in [0.1, 0.15) is 0 Å². The molecule has 6 heteroatoms. The lowest BCUT2D eigenvalue weighted by Crippen LogP contribution is -2.46. The van der Waals surface area contributed by atoms with Gasteiger partial charge in [-0.1, -0.05) is 31.7 Å². The maximum atomic E-state index is 12.9. The average molecular weight is 370 g/mol. The van der Waals surface area contributed by atoms with E-state index in [1.54, 1.807) is 6.20 Å². The van der Waals surface area contributed by atoms with Crippen LogP contribution in [-0.2, 0) is 11.3 Å². The van der Waals surface area contributed by atoms with Crippen LogP contribution in [0.15, 0.2) is 24.4 Å². The lowest BCUT2D eigenvalue weighted by atomic mass is 9.62. The van der Waals surface area contributed by atoms with Crippen molar-refractivity contribution in [1.82, 2.24) is 20.5 Å². The number of urea groups is 1. The third-order valence-electron chi connectivity index (χ3n) is 6.70. The monoisotopic (exact) mass is 370 g/mol. The zero-order valence-electron chi connectivity index (χ0n) is 16.0. The summed E-state index contributed by atoms with van der Waals surface area (Å²) in [6.07, 6.45) is 10.8. The Kier molecular flexibility index (Phi) is 5.32. The molecule has 4 rings (SSSR count). The number of aromatic nitrogens is 1. The molecule has 1 aromatic heterocycles. The van der Waals surface area contributed by atoms with Gasteiger partial charge in [0, 0.05) is 30.7 Å². The topological polar surface area (TPSA) is 74.3 Å². The Morgan fingerprint density at radius 2 is 1.96 bits per heavy atom. The molecule has 2 N–H and O–H groups in total. The third-order valence-corrected chi connectivity index (χ3v) is 6.70. The van der Waals surface area contributed by atoms with Gasteiger partial charge in [0.25, 0.3) is 0 Å². The van der Waals surface area contributed by atoms with E-state index in [4.69, 9.17) is 0 Å². The quantitative estimate of drug-likeness (QED) is 0.856. The molecule has 3 amide bonds. The van der Waals surface area contributed by atoms with Gasteiger partial charge in [-0.2, -0.15) is 0 Å². The van der Waals surface area contributed by atoms with Crippen LogP contribution in [0.5, 0.6) is 0 Å². The van der Waals surface area contributed by atoms with Gasteiger partial charge in [-0.25, -0.2) is 4.79 Å². The lowest BCUT2D eigenvalue weighted by molar-refractivity contribution is -0.129. The van der Waals surface area contributed by atoms with E-state index < -0.39 is 0 Å². The molecular formula is C21H30N4O2. The molecule has 6 nitrogen and oxygen atoms in total. The van der Waals surface area contributed by atoms with Crippen molar-refractivity contribution in [3.8, 4) is 0 Å². The summed E-state index contributed by atoms with van der Waals surface area (Å²) in [4.78, 5) is 31.8. The molecule has 2 aliphatic carbocycles. The fraction of sp³-hybridized carbons (Fsp3) is 0.667. The average Bonchev–Trinajstić information content (AvgIpc) is 3.09. The molecule has 1 aliphatic heterocycles. The largest absolute Gasteiger partial charge is 0.350 e. The van der Waals surface area contributed by atoms with E-state index >= 15 is 0 Å². The molecule has 1 saturated heterocycles. The second kappa shape index (κ2) is 7.87. The smallest absolute Gasteiger partial charge is 0.317 e. The summed E-state index contributed by atoms with van der Waals surface area (Å²) in [5, 5.41) is 6.25. The van der Waals surface area contributed by atoms with Crippen LogP contribution in [0.3, 0.4) is 0 Å². The van der Waals surface area contributed by atoms with E-state index in [-0.39, 0.29) is 23.3 Å². The molecule has 1 unspecified atom stereocenters. The van der Waals surface area contributed by atoms with Gasteiger partial charge in [0.15, 0.2) is 0 Å². The van der Waals surface area contributed by atoms with E-state index in [2.05, 4.69) is 15.6 Å². The van der Waals surface area contributed by atoms with Crippen LogP contribution in [0.2, 0.25) is 0 Å². The van der Waals surface area contributed by atoms with E-state index in [1.165, 1.54) is 19.3 Å². The first-order valence-electron chi connectivity index (χ1n) is 10.4. The first-order chi connectivity index (χ1) is 13.2. The number of nitrogens with one attached hydrogen (secondary N) is 2. The fourth-order valence-corrected chi connectivity index (χ4v) is 4.94. The van der Waals surface area contributed by atoms with Crippen LogP contribution in [0.4, 0.5) is 4.79 Å². The zero-order chi connectivity index (χ0) is 18.7. The van der Waals surface area contributed by atoms with Gasteiger partial charge in [-0.15, -0.1) is 0 Å². The summed E-state index contributed by atoms with van der Waals surface area (Å²) in [5.41, 5.74) is 0.844. The van der Waals surface area contributed by atoms with Crippen molar-refractivity contribution in [3.05, 3.63) is 30.1 Å². The van der Waals surface area contributed by atoms with Crippen molar-refractivity contribution < 1.29 is 9.59 Å².